The van der Waals surface area contributed by atoms with Crippen molar-refractivity contribution < 1.29 is 4.74 Å². The van der Waals surface area contributed by atoms with Crippen molar-refractivity contribution in [2.75, 3.05) is 13.7 Å². The molecule has 17 heavy (non-hydrogen) atoms. The molecule has 0 aliphatic heterocycles. The summed E-state index contributed by atoms with van der Waals surface area (Å²) in [5, 5.41) is 8.00. The van der Waals surface area contributed by atoms with Gasteiger partial charge in [-0.15, -0.1) is 0 Å². The highest BCUT2D eigenvalue weighted by molar-refractivity contribution is 4.99. The Morgan fingerprint density at radius 1 is 1.35 bits per heavy atom. The number of rotatable bonds is 7. The van der Waals surface area contributed by atoms with E-state index in [0.29, 0.717) is 18.0 Å². The van der Waals surface area contributed by atoms with Gasteiger partial charge < -0.3 is 10.1 Å². The number of nitrogens with one attached hydrogen (secondary N) is 1. The number of hydrogen-bond acceptors (Lipinski definition) is 3. The average Bonchev–Trinajstić information content (AvgIpc) is 2.72. The Labute approximate surface area is 104 Å². The fraction of sp³-hybridized carbons (Fsp3) is 0.769. The van der Waals surface area contributed by atoms with Crippen LogP contribution < -0.4 is 5.32 Å². The summed E-state index contributed by atoms with van der Waals surface area (Å²) < 4.78 is 7.19. The summed E-state index contributed by atoms with van der Waals surface area (Å²) in [5.74, 6) is 0.558. The summed E-state index contributed by atoms with van der Waals surface area (Å²) in [6, 6.07) is 2.87. The molecule has 0 amide bonds. The van der Waals surface area contributed by atoms with Crippen LogP contribution in [-0.4, -0.2) is 29.5 Å². The predicted molar refractivity (Wildman–Crippen MR) is 70.0 cm³/mol. The Morgan fingerprint density at radius 2 is 2.06 bits per heavy atom. The minimum Gasteiger partial charge on any atom is -0.383 e. The first kappa shape index (κ1) is 14.2. The van der Waals surface area contributed by atoms with Crippen molar-refractivity contribution in [2.45, 2.75) is 46.3 Å². The number of methoxy groups -OCH3 is 1. The van der Waals surface area contributed by atoms with Crippen molar-refractivity contribution >= 4 is 0 Å². The number of aromatic nitrogens is 2. The monoisotopic (exact) mass is 239 g/mol. The molecule has 0 spiro atoms. The lowest BCUT2D eigenvalue weighted by molar-refractivity contribution is 0.146. The van der Waals surface area contributed by atoms with Crippen molar-refractivity contribution in [3.8, 4) is 0 Å². The Kier molecular flexibility index (Phi) is 5.65. The molecular formula is C13H25N3O. The third-order valence-corrected chi connectivity index (χ3v) is 2.89. The summed E-state index contributed by atoms with van der Waals surface area (Å²) >= 11 is 0. The zero-order valence-corrected chi connectivity index (χ0v) is 11.6. The molecule has 1 N–H and O–H groups in total. The van der Waals surface area contributed by atoms with Crippen LogP contribution in [0.5, 0.6) is 0 Å². The molecule has 1 rings (SSSR count). The van der Waals surface area contributed by atoms with E-state index < -0.39 is 0 Å². The van der Waals surface area contributed by atoms with E-state index in [2.05, 4.69) is 44.2 Å². The first-order valence-electron chi connectivity index (χ1n) is 6.31. The normalized spacial score (nSPS) is 13.6. The van der Waals surface area contributed by atoms with Crippen molar-refractivity contribution in [2.24, 2.45) is 5.92 Å². The van der Waals surface area contributed by atoms with Gasteiger partial charge in [0, 0.05) is 31.9 Å². The SMILES string of the molecule is COCC(NCc1ccn(C(C)C)n1)C(C)C. The zero-order chi connectivity index (χ0) is 12.8. The van der Waals surface area contributed by atoms with E-state index in [4.69, 9.17) is 4.74 Å². The topological polar surface area (TPSA) is 39.1 Å². The maximum absolute atomic E-state index is 5.21. The van der Waals surface area contributed by atoms with Gasteiger partial charge in [-0.1, -0.05) is 13.8 Å². The number of nitrogens with zero attached hydrogens (tertiary/aromatic N) is 2. The van der Waals surface area contributed by atoms with E-state index in [9.17, 15) is 0 Å². The van der Waals surface area contributed by atoms with E-state index in [1.54, 1.807) is 7.11 Å². The van der Waals surface area contributed by atoms with Crippen LogP contribution in [0.1, 0.15) is 39.4 Å². The second-order valence-electron chi connectivity index (χ2n) is 5.07. The van der Waals surface area contributed by atoms with E-state index in [-0.39, 0.29) is 0 Å². The molecule has 1 atom stereocenters. The van der Waals surface area contributed by atoms with E-state index in [0.717, 1.165) is 18.8 Å². The van der Waals surface area contributed by atoms with Crippen LogP contribution in [0.4, 0.5) is 0 Å². The van der Waals surface area contributed by atoms with E-state index in [1.807, 2.05) is 10.9 Å². The lowest BCUT2D eigenvalue weighted by Gasteiger charge is -2.20. The van der Waals surface area contributed by atoms with Crippen molar-refractivity contribution in [1.29, 1.82) is 0 Å². The Morgan fingerprint density at radius 3 is 2.53 bits per heavy atom. The summed E-state index contributed by atoms with van der Waals surface area (Å²) in [7, 11) is 1.74. The molecule has 1 aromatic rings. The molecule has 0 saturated heterocycles. The lowest BCUT2D eigenvalue weighted by atomic mass is 10.1. The molecule has 4 heteroatoms. The van der Waals surface area contributed by atoms with Gasteiger partial charge in [0.25, 0.3) is 0 Å². The molecule has 1 unspecified atom stereocenters. The standard InChI is InChI=1S/C13H25N3O/c1-10(2)13(9-17-5)14-8-12-6-7-16(15-12)11(3)4/h6-7,10-11,13-14H,8-9H2,1-5H3. The van der Waals surface area contributed by atoms with E-state index in [1.165, 1.54) is 0 Å². The van der Waals surface area contributed by atoms with Crippen LogP contribution >= 0.6 is 0 Å². The molecule has 0 radical (unpaired) electrons. The van der Waals surface area contributed by atoms with Crippen LogP contribution in [0.2, 0.25) is 0 Å². The van der Waals surface area contributed by atoms with Crippen LogP contribution in [0.3, 0.4) is 0 Å². The number of ether oxygens (including phenoxy) is 1. The predicted octanol–water partition coefficient (Wildman–Crippen LogP) is 2.22. The molecule has 0 saturated carbocycles. The number of hydrogen-bond donors (Lipinski definition) is 1. The maximum atomic E-state index is 5.21. The Hall–Kier alpha value is -0.870. The summed E-state index contributed by atoms with van der Waals surface area (Å²) in [6.07, 6.45) is 2.03. The minimum absolute atomic E-state index is 0.379. The Balaban J connectivity index is 2.47. The van der Waals surface area contributed by atoms with Crippen molar-refractivity contribution in [3.63, 3.8) is 0 Å². The highest BCUT2D eigenvalue weighted by Gasteiger charge is 2.12. The second kappa shape index (κ2) is 6.77. The average molecular weight is 239 g/mol. The Bertz CT molecular complexity index is 320. The van der Waals surface area contributed by atoms with Gasteiger partial charge in [-0.05, 0) is 25.8 Å². The minimum atomic E-state index is 0.379. The van der Waals surface area contributed by atoms with Gasteiger partial charge in [0.1, 0.15) is 0 Å². The molecule has 98 valence electrons. The third kappa shape index (κ3) is 4.48. The molecule has 0 aliphatic rings. The van der Waals surface area contributed by atoms with Crippen LogP contribution in [0.25, 0.3) is 0 Å². The molecule has 0 aliphatic carbocycles. The molecule has 0 aromatic carbocycles. The fourth-order valence-corrected chi connectivity index (χ4v) is 1.66. The lowest BCUT2D eigenvalue weighted by Crippen LogP contribution is -2.37. The zero-order valence-electron chi connectivity index (χ0n) is 11.6. The quantitative estimate of drug-likeness (QED) is 0.793. The van der Waals surface area contributed by atoms with Crippen LogP contribution in [0.15, 0.2) is 12.3 Å². The van der Waals surface area contributed by atoms with Gasteiger partial charge in [-0.25, -0.2) is 0 Å². The third-order valence-electron chi connectivity index (χ3n) is 2.89. The van der Waals surface area contributed by atoms with Gasteiger partial charge in [0.05, 0.1) is 12.3 Å². The summed E-state index contributed by atoms with van der Waals surface area (Å²) in [6.45, 7) is 10.2. The molecule has 0 bridgehead atoms. The summed E-state index contributed by atoms with van der Waals surface area (Å²) in [5.41, 5.74) is 1.08. The first-order valence-corrected chi connectivity index (χ1v) is 6.31. The second-order valence-corrected chi connectivity index (χ2v) is 5.07. The highest BCUT2D eigenvalue weighted by Crippen LogP contribution is 2.06. The highest BCUT2D eigenvalue weighted by atomic mass is 16.5. The first-order chi connectivity index (χ1) is 8.04. The largest absolute Gasteiger partial charge is 0.383 e. The van der Waals surface area contributed by atoms with E-state index >= 15 is 0 Å². The molecular weight excluding hydrogens is 214 g/mol. The molecule has 1 aromatic heterocycles. The fourth-order valence-electron chi connectivity index (χ4n) is 1.66. The van der Waals surface area contributed by atoms with Crippen LogP contribution in [-0.2, 0) is 11.3 Å². The van der Waals surface area contributed by atoms with Crippen molar-refractivity contribution in [1.82, 2.24) is 15.1 Å². The van der Waals surface area contributed by atoms with Crippen LogP contribution in [0, 0.1) is 5.92 Å². The van der Waals surface area contributed by atoms with Crippen molar-refractivity contribution in [3.05, 3.63) is 18.0 Å². The smallest absolute Gasteiger partial charge is 0.0762 e. The van der Waals surface area contributed by atoms with Gasteiger partial charge >= 0.3 is 0 Å². The maximum Gasteiger partial charge on any atom is 0.0762 e. The van der Waals surface area contributed by atoms with Gasteiger partial charge in [-0.2, -0.15) is 5.10 Å². The molecule has 4 nitrogen and oxygen atoms in total. The molecule has 0 fully saturated rings. The van der Waals surface area contributed by atoms with Gasteiger partial charge in [0.15, 0.2) is 0 Å². The van der Waals surface area contributed by atoms with Gasteiger partial charge in [-0.3, -0.25) is 4.68 Å². The summed E-state index contributed by atoms with van der Waals surface area (Å²) in [4.78, 5) is 0. The van der Waals surface area contributed by atoms with Gasteiger partial charge in [0.2, 0.25) is 0 Å². The molecule has 1 heterocycles.